The Balaban J connectivity index is 1.36. The maximum Gasteiger partial charge on any atom is 0.494 e. The Bertz CT molecular complexity index is 840. The smallest absolute Gasteiger partial charge is 0.494 e. The molecule has 2 aromatic carbocycles. The number of carbonyl (C=O) groups is 1. The Morgan fingerprint density at radius 3 is 2.20 bits per heavy atom. The van der Waals surface area contributed by atoms with Gasteiger partial charge in [0.05, 0.1) is 17.8 Å². The molecule has 8 heteroatoms. The number of ether oxygens (including phenoxy) is 1. The van der Waals surface area contributed by atoms with Gasteiger partial charge in [-0.15, -0.1) is 0 Å². The minimum atomic E-state index is -0.395. The SMILES string of the molecule is CC1(C)OB(c2ccc(OCCCNC(=O)Nc3ccc(F)cc3)cc2)OC1(C)C. The van der Waals surface area contributed by atoms with E-state index < -0.39 is 7.12 Å². The third kappa shape index (κ3) is 5.52. The predicted octanol–water partition coefficient (Wildman–Crippen LogP) is 3.72. The third-order valence-electron chi connectivity index (χ3n) is 5.38. The molecule has 30 heavy (non-hydrogen) atoms. The van der Waals surface area contributed by atoms with Crippen LogP contribution in [0, 0.1) is 5.82 Å². The van der Waals surface area contributed by atoms with Crippen LogP contribution in [0.3, 0.4) is 0 Å². The molecule has 0 aromatic heterocycles. The van der Waals surface area contributed by atoms with Crippen LogP contribution < -0.4 is 20.8 Å². The number of hydrogen-bond acceptors (Lipinski definition) is 4. The predicted molar refractivity (Wildman–Crippen MR) is 116 cm³/mol. The normalized spacial score (nSPS) is 16.9. The molecule has 1 aliphatic heterocycles. The monoisotopic (exact) mass is 414 g/mol. The first kappa shape index (κ1) is 22.1. The zero-order chi connectivity index (χ0) is 21.8. The third-order valence-corrected chi connectivity index (χ3v) is 5.38. The van der Waals surface area contributed by atoms with E-state index in [0.717, 1.165) is 11.2 Å². The summed E-state index contributed by atoms with van der Waals surface area (Å²) in [5.41, 5.74) is 0.735. The highest BCUT2D eigenvalue weighted by atomic mass is 19.1. The fourth-order valence-corrected chi connectivity index (χ4v) is 2.87. The molecule has 0 atom stereocenters. The fourth-order valence-electron chi connectivity index (χ4n) is 2.87. The molecular formula is C22H28BFN2O4. The van der Waals surface area contributed by atoms with Crippen molar-refractivity contribution in [3.63, 3.8) is 0 Å². The van der Waals surface area contributed by atoms with Gasteiger partial charge in [0, 0.05) is 12.2 Å². The summed E-state index contributed by atoms with van der Waals surface area (Å²) in [7, 11) is -0.395. The molecule has 1 heterocycles. The average molecular weight is 414 g/mol. The van der Waals surface area contributed by atoms with Crippen molar-refractivity contribution in [1.29, 1.82) is 0 Å². The molecule has 0 radical (unpaired) electrons. The van der Waals surface area contributed by atoms with Crippen LogP contribution in [0.1, 0.15) is 34.1 Å². The van der Waals surface area contributed by atoms with Gasteiger partial charge in [-0.2, -0.15) is 0 Å². The molecule has 2 aromatic rings. The van der Waals surface area contributed by atoms with Crippen molar-refractivity contribution < 1.29 is 23.2 Å². The van der Waals surface area contributed by atoms with E-state index in [9.17, 15) is 9.18 Å². The van der Waals surface area contributed by atoms with Gasteiger partial charge in [0.2, 0.25) is 0 Å². The van der Waals surface area contributed by atoms with Crippen LogP contribution in [0.5, 0.6) is 5.75 Å². The standard InChI is InChI=1S/C22H28BFN2O4/c1-21(2)22(3,4)30-23(29-21)16-6-12-19(13-7-16)28-15-5-14-25-20(27)26-18-10-8-17(24)9-11-18/h6-13H,5,14-15H2,1-4H3,(H2,25,26,27). The van der Waals surface area contributed by atoms with E-state index in [-0.39, 0.29) is 23.1 Å². The summed E-state index contributed by atoms with van der Waals surface area (Å²) in [4.78, 5) is 11.8. The van der Waals surface area contributed by atoms with Gasteiger partial charge in [-0.25, -0.2) is 9.18 Å². The van der Waals surface area contributed by atoms with Crippen LogP contribution in [0.4, 0.5) is 14.9 Å². The number of rotatable bonds is 7. The first-order valence-corrected chi connectivity index (χ1v) is 10.1. The second-order valence-corrected chi connectivity index (χ2v) is 8.25. The average Bonchev–Trinajstić information content (AvgIpc) is 2.91. The summed E-state index contributed by atoms with van der Waals surface area (Å²) >= 11 is 0. The molecule has 3 rings (SSSR count). The molecular weight excluding hydrogens is 386 g/mol. The van der Waals surface area contributed by atoms with Crippen molar-refractivity contribution in [3.8, 4) is 5.75 Å². The largest absolute Gasteiger partial charge is 0.494 e. The topological polar surface area (TPSA) is 68.8 Å². The molecule has 160 valence electrons. The summed E-state index contributed by atoms with van der Waals surface area (Å²) in [6.07, 6.45) is 0.649. The maximum atomic E-state index is 12.9. The minimum absolute atomic E-state index is 0.339. The minimum Gasteiger partial charge on any atom is -0.494 e. The molecule has 1 aliphatic rings. The van der Waals surface area contributed by atoms with Crippen LogP contribution >= 0.6 is 0 Å². The number of nitrogens with one attached hydrogen (secondary N) is 2. The van der Waals surface area contributed by atoms with Gasteiger partial charge in [0.25, 0.3) is 0 Å². The van der Waals surface area contributed by atoms with Gasteiger partial charge in [-0.05, 0) is 76.0 Å². The van der Waals surface area contributed by atoms with Crippen molar-refractivity contribution in [2.45, 2.75) is 45.3 Å². The van der Waals surface area contributed by atoms with Crippen molar-refractivity contribution in [1.82, 2.24) is 5.32 Å². The van der Waals surface area contributed by atoms with E-state index >= 15 is 0 Å². The Morgan fingerprint density at radius 2 is 1.60 bits per heavy atom. The molecule has 0 unspecified atom stereocenters. The van der Waals surface area contributed by atoms with Gasteiger partial charge in [0.1, 0.15) is 11.6 Å². The number of urea groups is 1. The highest BCUT2D eigenvalue weighted by Gasteiger charge is 2.51. The summed E-state index contributed by atoms with van der Waals surface area (Å²) in [5.74, 6) is 0.396. The van der Waals surface area contributed by atoms with Crippen molar-refractivity contribution >= 4 is 24.3 Å². The van der Waals surface area contributed by atoms with Crippen LogP contribution in [0.15, 0.2) is 48.5 Å². The molecule has 0 bridgehead atoms. The van der Waals surface area contributed by atoms with E-state index in [1.165, 1.54) is 24.3 Å². The van der Waals surface area contributed by atoms with E-state index in [1.807, 2.05) is 52.0 Å². The summed E-state index contributed by atoms with van der Waals surface area (Å²) in [6, 6.07) is 12.9. The van der Waals surface area contributed by atoms with Crippen LogP contribution in [0.25, 0.3) is 0 Å². The number of carbonyl (C=O) groups excluding carboxylic acids is 1. The second kappa shape index (κ2) is 9.06. The number of anilines is 1. The highest BCUT2D eigenvalue weighted by molar-refractivity contribution is 6.62. The Labute approximate surface area is 177 Å². The van der Waals surface area contributed by atoms with Crippen molar-refractivity contribution in [3.05, 3.63) is 54.3 Å². The van der Waals surface area contributed by atoms with E-state index in [0.29, 0.717) is 25.3 Å². The molecule has 1 saturated heterocycles. The number of benzene rings is 2. The molecule has 0 spiro atoms. The van der Waals surface area contributed by atoms with E-state index in [2.05, 4.69) is 10.6 Å². The quantitative estimate of drug-likeness (QED) is 0.536. The lowest BCUT2D eigenvalue weighted by atomic mass is 9.79. The molecule has 2 N–H and O–H groups in total. The Hall–Kier alpha value is -2.58. The number of halogens is 1. The van der Waals surface area contributed by atoms with Gasteiger partial charge >= 0.3 is 13.1 Å². The van der Waals surface area contributed by atoms with Crippen molar-refractivity contribution in [2.24, 2.45) is 0 Å². The Kier molecular flexibility index (Phi) is 6.68. The second-order valence-electron chi connectivity index (χ2n) is 8.25. The first-order chi connectivity index (χ1) is 14.2. The van der Waals surface area contributed by atoms with Crippen molar-refractivity contribution in [2.75, 3.05) is 18.5 Å². The lowest BCUT2D eigenvalue weighted by Gasteiger charge is -2.32. The molecule has 0 aliphatic carbocycles. The number of amides is 2. The summed E-state index contributed by atoms with van der Waals surface area (Å²) < 4.78 is 30.7. The van der Waals surface area contributed by atoms with Crippen LogP contribution in [0.2, 0.25) is 0 Å². The Morgan fingerprint density at radius 1 is 1.00 bits per heavy atom. The zero-order valence-corrected chi connectivity index (χ0v) is 17.8. The molecule has 0 saturated carbocycles. The van der Waals surface area contributed by atoms with Crippen LogP contribution in [-0.4, -0.2) is 37.5 Å². The summed E-state index contributed by atoms with van der Waals surface area (Å²) in [6.45, 7) is 9.03. The van der Waals surface area contributed by atoms with Gasteiger partial charge in [-0.3, -0.25) is 0 Å². The van der Waals surface area contributed by atoms with Gasteiger partial charge in [0.15, 0.2) is 0 Å². The van der Waals surface area contributed by atoms with E-state index in [4.69, 9.17) is 14.0 Å². The highest BCUT2D eigenvalue weighted by Crippen LogP contribution is 2.36. The summed E-state index contributed by atoms with van der Waals surface area (Å²) in [5, 5.41) is 5.38. The molecule has 1 fully saturated rings. The number of hydrogen-bond donors (Lipinski definition) is 2. The molecule has 2 amide bonds. The molecule has 6 nitrogen and oxygen atoms in total. The van der Waals surface area contributed by atoms with Gasteiger partial charge < -0.3 is 24.7 Å². The van der Waals surface area contributed by atoms with Crippen LogP contribution in [-0.2, 0) is 9.31 Å². The maximum absolute atomic E-state index is 12.9. The lowest BCUT2D eigenvalue weighted by Crippen LogP contribution is -2.41. The first-order valence-electron chi connectivity index (χ1n) is 10.1. The zero-order valence-electron chi connectivity index (χ0n) is 17.8. The van der Waals surface area contributed by atoms with E-state index in [1.54, 1.807) is 0 Å². The van der Waals surface area contributed by atoms with Gasteiger partial charge in [-0.1, -0.05) is 12.1 Å². The lowest BCUT2D eigenvalue weighted by molar-refractivity contribution is 0.00578. The fraction of sp³-hybridized carbons (Fsp3) is 0.409.